The van der Waals surface area contributed by atoms with Crippen LogP contribution in [0.15, 0.2) is 47.1 Å². The number of carbonyl (C=O) groups is 3. The quantitative estimate of drug-likeness (QED) is 0.357. The first-order valence-electron chi connectivity index (χ1n) is 11.1. The summed E-state index contributed by atoms with van der Waals surface area (Å²) >= 11 is 0. The minimum Gasteiger partial charge on any atom is -0.497 e. The number of likely N-dealkylation sites (N-methyl/N-ethyl adjacent to an activating group) is 1. The molecule has 3 aromatic rings. The number of aryl methyl sites for hydroxylation is 1. The van der Waals surface area contributed by atoms with Crippen LogP contribution in [-0.2, 0) is 16.1 Å². The fourth-order valence-corrected chi connectivity index (χ4v) is 4.34. The van der Waals surface area contributed by atoms with Crippen molar-refractivity contribution < 1.29 is 28.6 Å². The highest BCUT2D eigenvalue weighted by Crippen LogP contribution is 2.41. The highest BCUT2D eigenvalue weighted by molar-refractivity contribution is 6.54. The van der Waals surface area contributed by atoms with Gasteiger partial charge in [0, 0.05) is 29.7 Å². The normalized spacial score (nSPS) is 12.7. The van der Waals surface area contributed by atoms with Gasteiger partial charge in [-0.05, 0) is 43.3 Å². The largest absolute Gasteiger partial charge is 0.497 e. The summed E-state index contributed by atoms with van der Waals surface area (Å²) in [7, 11) is 1.89. The van der Waals surface area contributed by atoms with Crippen LogP contribution in [0.4, 0.5) is 0 Å². The molecule has 2 aromatic carbocycles. The summed E-state index contributed by atoms with van der Waals surface area (Å²) < 4.78 is 11.7. The average Bonchev–Trinajstić information content (AvgIpc) is 3.11. The number of hydrogen-bond acceptors (Lipinski definition) is 6. The monoisotopic (exact) mass is 461 g/mol. The van der Waals surface area contributed by atoms with E-state index in [1.807, 2.05) is 49.2 Å². The lowest BCUT2D eigenvalue weighted by Gasteiger charge is -2.17. The molecule has 34 heavy (non-hydrogen) atoms. The van der Waals surface area contributed by atoms with Crippen molar-refractivity contribution in [3.63, 3.8) is 0 Å². The highest BCUT2D eigenvalue weighted by atomic mass is 16.5. The van der Waals surface area contributed by atoms with Gasteiger partial charge in [-0.25, -0.2) is 0 Å². The van der Waals surface area contributed by atoms with Crippen molar-refractivity contribution >= 4 is 28.3 Å². The second-order valence-corrected chi connectivity index (χ2v) is 8.69. The molecule has 1 N–H and O–H groups in total. The van der Waals surface area contributed by atoms with Crippen LogP contribution in [0.5, 0.6) is 0 Å². The SMILES string of the molecule is C=C(CCC(=O)O)OCCN(C)Cc1oc2c(c1C)C(=O)C(=O)c1c-2ccc2c(C)cccc12. The molecule has 0 amide bonds. The van der Waals surface area contributed by atoms with Gasteiger partial charge in [0.2, 0.25) is 11.6 Å². The third-order valence-electron chi connectivity index (χ3n) is 6.24. The molecule has 0 saturated carbocycles. The lowest BCUT2D eigenvalue weighted by molar-refractivity contribution is -0.137. The minimum absolute atomic E-state index is 0.0190. The van der Waals surface area contributed by atoms with Crippen LogP contribution in [0.1, 0.15) is 50.4 Å². The highest BCUT2D eigenvalue weighted by Gasteiger charge is 2.37. The number of ether oxygens (including phenoxy) is 1. The fourth-order valence-electron chi connectivity index (χ4n) is 4.34. The molecule has 0 fully saturated rings. The van der Waals surface area contributed by atoms with Crippen molar-refractivity contribution in [2.75, 3.05) is 20.2 Å². The summed E-state index contributed by atoms with van der Waals surface area (Å²) in [5.74, 6) is -0.432. The number of hydrogen-bond donors (Lipinski definition) is 1. The van der Waals surface area contributed by atoms with Gasteiger partial charge < -0.3 is 14.3 Å². The van der Waals surface area contributed by atoms with Crippen LogP contribution in [-0.4, -0.2) is 47.7 Å². The Morgan fingerprint density at radius 3 is 2.53 bits per heavy atom. The van der Waals surface area contributed by atoms with E-state index in [0.29, 0.717) is 59.2 Å². The maximum Gasteiger partial charge on any atom is 0.303 e. The molecule has 0 atom stereocenters. The summed E-state index contributed by atoms with van der Waals surface area (Å²) in [6, 6.07) is 9.56. The van der Waals surface area contributed by atoms with Crippen molar-refractivity contribution in [2.24, 2.45) is 0 Å². The van der Waals surface area contributed by atoms with Crippen LogP contribution in [0.25, 0.3) is 22.1 Å². The van der Waals surface area contributed by atoms with Crippen molar-refractivity contribution in [2.45, 2.75) is 33.2 Å². The summed E-state index contributed by atoms with van der Waals surface area (Å²) in [4.78, 5) is 38.8. The molecule has 1 aromatic heterocycles. The number of carbonyl (C=O) groups excluding carboxylic acids is 2. The molecular formula is C27H27NO6. The van der Waals surface area contributed by atoms with Crippen molar-refractivity contribution in [3.8, 4) is 11.3 Å². The van der Waals surface area contributed by atoms with Gasteiger partial charge in [-0.1, -0.05) is 30.8 Å². The molecule has 0 aliphatic heterocycles. The lowest BCUT2D eigenvalue weighted by Crippen LogP contribution is -2.23. The molecule has 7 nitrogen and oxygen atoms in total. The van der Waals surface area contributed by atoms with E-state index in [9.17, 15) is 14.4 Å². The maximum absolute atomic E-state index is 13.1. The summed E-state index contributed by atoms with van der Waals surface area (Å²) in [6.07, 6.45) is 0.252. The van der Waals surface area contributed by atoms with Crippen LogP contribution < -0.4 is 0 Å². The fraction of sp³-hybridized carbons (Fsp3) is 0.296. The van der Waals surface area contributed by atoms with E-state index in [1.165, 1.54) is 0 Å². The third-order valence-corrected chi connectivity index (χ3v) is 6.24. The summed E-state index contributed by atoms with van der Waals surface area (Å²) in [5.41, 5.74) is 3.10. The van der Waals surface area contributed by atoms with Gasteiger partial charge >= 0.3 is 5.97 Å². The first-order chi connectivity index (χ1) is 16.2. The van der Waals surface area contributed by atoms with E-state index in [4.69, 9.17) is 14.3 Å². The number of fused-ring (bicyclic) bond motifs is 5. The number of furan rings is 1. The Morgan fingerprint density at radius 2 is 1.79 bits per heavy atom. The molecule has 1 heterocycles. The number of ketones is 2. The van der Waals surface area contributed by atoms with E-state index in [2.05, 4.69) is 6.58 Å². The van der Waals surface area contributed by atoms with Gasteiger partial charge in [-0.15, -0.1) is 0 Å². The molecular weight excluding hydrogens is 434 g/mol. The number of aliphatic carboxylic acids is 1. The van der Waals surface area contributed by atoms with Crippen LogP contribution >= 0.6 is 0 Å². The number of Topliss-reactive ketones (excluding diaryl/α,β-unsaturated/α-hetero) is 2. The first-order valence-corrected chi connectivity index (χ1v) is 11.1. The second-order valence-electron chi connectivity index (χ2n) is 8.69. The Bertz CT molecular complexity index is 1330. The number of carboxylic acid groups (broad SMARTS) is 1. The average molecular weight is 462 g/mol. The van der Waals surface area contributed by atoms with E-state index >= 15 is 0 Å². The standard InChI is InChI=1S/C27H27NO6/c1-15-6-5-7-19-18(15)9-10-20-24(19)26(32)25(31)23-17(3)21(34-27(20)23)14-28(4)12-13-33-16(2)8-11-22(29)30/h5-7,9-10H,2,8,11-14H2,1,3-4H3,(H,29,30). The zero-order valence-electron chi connectivity index (χ0n) is 19.6. The number of carboxylic acids is 1. The Hall–Kier alpha value is -3.71. The van der Waals surface area contributed by atoms with Crippen LogP contribution in [0, 0.1) is 13.8 Å². The zero-order valence-corrected chi connectivity index (χ0v) is 19.6. The molecule has 1 aliphatic carbocycles. The lowest BCUT2D eigenvalue weighted by atomic mass is 9.83. The predicted octanol–water partition coefficient (Wildman–Crippen LogP) is 4.92. The van der Waals surface area contributed by atoms with Gasteiger partial charge in [0.1, 0.15) is 18.1 Å². The molecule has 0 radical (unpaired) electrons. The molecule has 0 bridgehead atoms. The van der Waals surface area contributed by atoms with Crippen LogP contribution in [0.2, 0.25) is 0 Å². The topological polar surface area (TPSA) is 97.1 Å². The molecule has 0 spiro atoms. The molecule has 0 unspecified atom stereocenters. The minimum atomic E-state index is -0.892. The van der Waals surface area contributed by atoms with Crippen molar-refractivity contribution in [1.82, 2.24) is 4.90 Å². The molecule has 176 valence electrons. The van der Waals surface area contributed by atoms with Gasteiger partial charge in [-0.3, -0.25) is 19.3 Å². The number of allylic oxidation sites excluding steroid dienone is 1. The van der Waals surface area contributed by atoms with E-state index in [-0.39, 0.29) is 12.8 Å². The number of benzene rings is 2. The zero-order chi connectivity index (χ0) is 24.6. The smallest absolute Gasteiger partial charge is 0.303 e. The van der Waals surface area contributed by atoms with Crippen LogP contribution in [0.3, 0.4) is 0 Å². The molecule has 1 aliphatic rings. The van der Waals surface area contributed by atoms with E-state index in [1.54, 1.807) is 6.92 Å². The third kappa shape index (κ3) is 4.26. The molecule has 0 saturated heterocycles. The molecule has 7 heteroatoms. The van der Waals surface area contributed by atoms with E-state index < -0.39 is 17.5 Å². The maximum atomic E-state index is 13.1. The van der Waals surface area contributed by atoms with Crippen molar-refractivity contribution in [1.29, 1.82) is 0 Å². The second kappa shape index (κ2) is 9.27. The Morgan fingerprint density at radius 1 is 1.06 bits per heavy atom. The Balaban J connectivity index is 1.56. The number of rotatable bonds is 9. The van der Waals surface area contributed by atoms with E-state index in [0.717, 1.165) is 16.3 Å². The summed E-state index contributed by atoms with van der Waals surface area (Å²) in [5, 5.41) is 10.4. The van der Waals surface area contributed by atoms with Gasteiger partial charge in [0.15, 0.2) is 0 Å². The Labute approximate surface area is 197 Å². The summed E-state index contributed by atoms with van der Waals surface area (Å²) in [6.45, 7) is 8.83. The van der Waals surface area contributed by atoms with Gasteiger partial charge in [0.05, 0.1) is 24.3 Å². The molecule has 4 rings (SSSR count). The first kappa shape index (κ1) is 23.4. The predicted molar refractivity (Wildman–Crippen MR) is 128 cm³/mol. The van der Waals surface area contributed by atoms with Gasteiger partial charge in [0.25, 0.3) is 0 Å². The van der Waals surface area contributed by atoms with Crippen molar-refractivity contribution in [3.05, 3.63) is 70.7 Å². The Kier molecular flexibility index (Phi) is 6.39. The van der Waals surface area contributed by atoms with Gasteiger partial charge in [-0.2, -0.15) is 0 Å². The number of nitrogens with zero attached hydrogens (tertiary/aromatic N) is 1.